The van der Waals surface area contributed by atoms with Crippen molar-refractivity contribution in [2.75, 3.05) is 19.7 Å². The first kappa shape index (κ1) is 17.0. The highest BCUT2D eigenvalue weighted by atomic mass is 16.6. The van der Waals surface area contributed by atoms with Gasteiger partial charge in [-0.3, -0.25) is 9.48 Å². The second-order valence-electron chi connectivity index (χ2n) is 5.94. The molecule has 25 heavy (non-hydrogen) atoms. The Labute approximate surface area is 144 Å². The highest BCUT2D eigenvalue weighted by Crippen LogP contribution is 2.22. The molecule has 1 aliphatic rings. The molecular weight excluding hydrogens is 328 g/mol. The fourth-order valence-electron chi connectivity index (χ4n) is 2.96. The molecule has 1 amide bonds. The van der Waals surface area contributed by atoms with Crippen LogP contribution in [0.2, 0.25) is 0 Å². The summed E-state index contributed by atoms with van der Waals surface area (Å²) in [5, 5.41) is 16.3. The van der Waals surface area contributed by atoms with Crippen LogP contribution in [0.3, 0.4) is 0 Å². The lowest BCUT2D eigenvalue weighted by molar-refractivity contribution is 0.0619. The number of ether oxygens (including phenoxy) is 1. The van der Waals surface area contributed by atoms with Crippen molar-refractivity contribution < 1.29 is 23.8 Å². The molecule has 2 aromatic rings. The number of carboxylic acid groups (broad SMARTS) is 1. The highest BCUT2D eigenvalue weighted by Gasteiger charge is 2.27. The van der Waals surface area contributed by atoms with Crippen molar-refractivity contribution >= 4 is 11.9 Å². The van der Waals surface area contributed by atoms with Crippen LogP contribution in [0.4, 0.5) is 0 Å². The third kappa shape index (κ3) is 3.98. The van der Waals surface area contributed by atoms with Gasteiger partial charge >= 0.3 is 5.97 Å². The van der Waals surface area contributed by atoms with Crippen LogP contribution in [0.5, 0.6) is 5.95 Å². The number of rotatable bonds is 6. The van der Waals surface area contributed by atoms with E-state index in [1.807, 2.05) is 6.92 Å². The first-order valence-corrected chi connectivity index (χ1v) is 8.22. The number of piperidine rings is 1. The predicted molar refractivity (Wildman–Crippen MR) is 85.5 cm³/mol. The van der Waals surface area contributed by atoms with E-state index < -0.39 is 5.97 Å². The van der Waals surface area contributed by atoms with Crippen molar-refractivity contribution in [3.05, 3.63) is 29.8 Å². The quantitative estimate of drug-likeness (QED) is 0.842. The van der Waals surface area contributed by atoms with Gasteiger partial charge in [-0.2, -0.15) is 0 Å². The van der Waals surface area contributed by atoms with Gasteiger partial charge in [-0.1, -0.05) is 5.21 Å². The Kier molecular flexibility index (Phi) is 5.01. The Morgan fingerprint density at radius 1 is 1.44 bits per heavy atom. The molecule has 0 aliphatic carbocycles. The molecule has 0 aromatic carbocycles. The number of carboxylic acids is 1. The summed E-state index contributed by atoms with van der Waals surface area (Å²) in [6.45, 7) is 4.07. The highest BCUT2D eigenvalue weighted by molar-refractivity contribution is 5.91. The third-order valence-electron chi connectivity index (χ3n) is 4.09. The lowest BCUT2D eigenvalue weighted by atomic mass is 9.98. The van der Waals surface area contributed by atoms with E-state index in [0.29, 0.717) is 32.2 Å². The van der Waals surface area contributed by atoms with Gasteiger partial charge in [0.1, 0.15) is 0 Å². The van der Waals surface area contributed by atoms with Gasteiger partial charge in [0.05, 0.1) is 12.8 Å². The monoisotopic (exact) mass is 348 g/mol. The molecule has 0 radical (unpaired) electrons. The molecular formula is C16H20N4O5. The van der Waals surface area contributed by atoms with Gasteiger partial charge in [0.15, 0.2) is 11.5 Å². The molecule has 3 rings (SSSR count). The number of aromatic carboxylic acids is 1. The first-order chi connectivity index (χ1) is 12.1. The summed E-state index contributed by atoms with van der Waals surface area (Å²) in [6.07, 6.45) is 3.22. The number of carbonyl (C=O) groups excluding carboxylic acids is 1. The van der Waals surface area contributed by atoms with E-state index in [0.717, 1.165) is 12.8 Å². The minimum atomic E-state index is -1.10. The Hall–Kier alpha value is -2.84. The van der Waals surface area contributed by atoms with E-state index in [2.05, 4.69) is 10.3 Å². The molecule has 134 valence electrons. The lowest BCUT2D eigenvalue weighted by Gasteiger charge is -2.32. The minimum absolute atomic E-state index is 0.0808. The Morgan fingerprint density at radius 2 is 2.28 bits per heavy atom. The van der Waals surface area contributed by atoms with Gasteiger partial charge < -0.3 is 19.2 Å². The summed E-state index contributed by atoms with van der Waals surface area (Å²) >= 11 is 0. The number of hydrogen-bond donors (Lipinski definition) is 1. The molecule has 0 spiro atoms. The molecule has 0 saturated carbocycles. The summed E-state index contributed by atoms with van der Waals surface area (Å²) in [6, 6.07) is 3.26. The lowest BCUT2D eigenvalue weighted by Crippen LogP contribution is -2.41. The van der Waals surface area contributed by atoms with Gasteiger partial charge in [-0.25, -0.2) is 4.79 Å². The maximum Gasteiger partial charge on any atom is 0.358 e. The third-order valence-corrected chi connectivity index (χ3v) is 4.09. The molecule has 9 nitrogen and oxygen atoms in total. The molecule has 1 N–H and O–H groups in total. The Bertz CT molecular complexity index is 753. The molecule has 2 aromatic heterocycles. The number of likely N-dealkylation sites (tertiary alicyclic amines) is 1. The van der Waals surface area contributed by atoms with Gasteiger partial charge in [-0.05, 0) is 31.7 Å². The molecule has 9 heteroatoms. The first-order valence-electron chi connectivity index (χ1n) is 8.22. The number of aromatic nitrogens is 3. The topological polar surface area (TPSA) is 111 Å². The summed E-state index contributed by atoms with van der Waals surface area (Å²) < 4.78 is 12.2. The van der Waals surface area contributed by atoms with Crippen molar-refractivity contribution in [2.24, 2.45) is 5.92 Å². The fourth-order valence-corrected chi connectivity index (χ4v) is 2.96. The van der Waals surface area contributed by atoms with Crippen LogP contribution in [-0.4, -0.2) is 56.6 Å². The zero-order valence-corrected chi connectivity index (χ0v) is 13.9. The van der Waals surface area contributed by atoms with Crippen LogP contribution in [0.1, 0.15) is 40.8 Å². The van der Waals surface area contributed by atoms with E-state index in [-0.39, 0.29) is 23.3 Å². The molecule has 1 fully saturated rings. The zero-order chi connectivity index (χ0) is 17.8. The zero-order valence-electron chi connectivity index (χ0n) is 13.9. The van der Waals surface area contributed by atoms with Crippen molar-refractivity contribution in [1.29, 1.82) is 0 Å². The summed E-state index contributed by atoms with van der Waals surface area (Å²) in [7, 11) is 0. The maximum absolute atomic E-state index is 12.6. The fraction of sp³-hybridized carbons (Fsp3) is 0.500. The Morgan fingerprint density at radius 3 is 3.00 bits per heavy atom. The number of carbonyl (C=O) groups is 2. The van der Waals surface area contributed by atoms with E-state index >= 15 is 0 Å². The summed E-state index contributed by atoms with van der Waals surface area (Å²) in [4.78, 5) is 25.2. The normalized spacial score (nSPS) is 17.5. The van der Waals surface area contributed by atoms with Crippen LogP contribution in [0.25, 0.3) is 0 Å². The van der Waals surface area contributed by atoms with Crippen LogP contribution in [0, 0.1) is 5.92 Å². The molecule has 0 unspecified atom stereocenters. The molecule has 1 aliphatic heterocycles. The van der Waals surface area contributed by atoms with E-state index in [4.69, 9.17) is 14.3 Å². The minimum Gasteiger partial charge on any atom is -0.476 e. The number of amides is 1. The number of nitrogens with zero attached hydrogens (tertiary/aromatic N) is 4. The van der Waals surface area contributed by atoms with Crippen LogP contribution in [0.15, 0.2) is 22.7 Å². The van der Waals surface area contributed by atoms with Crippen molar-refractivity contribution in [3.8, 4) is 5.95 Å². The van der Waals surface area contributed by atoms with Crippen molar-refractivity contribution in [1.82, 2.24) is 19.9 Å². The standard InChI is InChI=1S/C16H20N4O5/c1-2-24-14-6-5-13(25-14)15(21)19-7-3-4-11(8-19)9-20-10-12(16(22)23)17-18-20/h5-6,10-11H,2-4,7-9H2,1H3,(H,22,23)/t11-/m0/s1. The average molecular weight is 348 g/mol. The van der Waals surface area contributed by atoms with Gasteiger partial charge in [0.2, 0.25) is 0 Å². The van der Waals surface area contributed by atoms with Crippen LogP contribution in [-0.2, 0) is 6.54 Å². The molecule has 3 heterocycles. The number of furan rings is 1. The van der Waals surface area contributed by atoms with Crippen LogP contribution >= 0.6 is 0 Å². The van der Waals surface area contributed by atoms with Crippen LogP contribution < -0.4 is 4.74 Å². The van der Waals surface area contributed by atoms with Crippen molar-refractivity contribution in [3.63, 3.8) is 0 Å². The molecule has 0 bridgehead atoms. The smallest absolute Gasteiger partial charge is 0.358 e. The average Bonchev–Trinajstić information content (AvgIpc) is 3.24. The SMILES string of the molecule is CCOc1ccc(C(=O)N2CCC[C@H](Cn3cc(C(=O)O)nn3)C2)o1. The van der Waals surface area contributed by atoms with E-state index in [1.165, 1.54) is 10.9 Å². The van der Waals surface area contributed by atoms with Gasteiger partial charge in [0, 0.05) is 25.7 Å². The second-order valence-corrected chi connectivity index (χ2v) is 5.94. The second kappa shape index (κ2) is 7.37. The van der Waals surface area contributed by atoms with E-state index in [1.54, 1.807) is 17.0 Å². The molecule has 1 atom stereocenters. The maximum atomic E-state index is 12.6. The largest absolute Gasteiger partial charge is 0.476 e. The molecule has 1 saturated heterocycles. The predicted octanol–water partition coefficient (Wildman–Crippen LogP) is 1.52. The Balaban J connectivity index is 1.61. The van der Waals surface area contributed by atoms with E-state index in [9.17, 15) is 9.59 Å². The van der Waals surface area contributed by atoms with Gasteiger partial charge in [0.25, 0.3) is 11.9 Å². The summed E-state index contributed by atoms with van der Waals surface area (Å²) in [5.74, 6) is -0.487. The number of hydrogen-bond acceptors (Lipinski definition) is 6. The van der Waals surface area contributed by atoms with Crippen molar-refractivity contribution in [2.45, 2.75) is 26.3 Å². The van der Waals surface area contributed by atoms with Gasteiger partial charge in [-0.15, -0.1) is 5.10 Å². The summed E-state index contributed by atoms with van der Waals surface area (Å²) in [5.41, 5.74) is -0.0808.